The zero-order valence-electron chi connectivity index (χ0n) is 5.89. The van der Waals surface area contributed by atoms with E-state index in [0.717, 1.165) is 12.1 Å². The van der Waals surface area contributed by atoms with Gasteiger partial charge in [-0.2, -0.15) is 0 Å². The fraction of sp³-hybridized carbons (Fsp3) is 0. The van der Waals surface area contributed by atoms with Gasteiger partial charge in [0, 0.05) is 0 Å². The van der Waals surface area contributed by atoms with Crippen molar-refractivity contribution in [2.75, 3.05) is 0 Å². The molecule has 0 saturated carbocycles. The van der Waals surface area contributed by atoms with Crippen molar-refractivity contribution in [2.45, 2.75) is 0 Å². The number of rotatable bonds is 1. The fourth-order valence-electron chi connectivity index (χ4n) is 0.707. The summed E-state index contributed by atoms with van der Waals surface area (Å²) in [5.41, 5.74) is -0.660. The third-order valence-electron chi connectivity index (χ3n) is 1.18. The molecule has 1 aromatic carbocycles. The number of hydrogen-bond donors (Lipinski definition) is 2. The van der Waals surface area contributed by atoms with Gasteiger partial charge in [0.15, 0.2) is 11.5 Å². The first-order valence-corrected chi connectivity index (χ1v) is 2.78. The first-order chi connectivity index (χ1) is 5.13. The fourth-order valence-corrected chi connectivity index (χ4v) is 0.707. The van der Waals surface area contributed by atoms with Gasteiger partial charge in [-0.3, -0.25) is 10.1 Å². The molecule has 2 N–H and O–H groups in total. The van der Waals surface area contributed by atoms with E-state index in [4.69, 9.17) is 10.2 Å². The minimum absolute atomic E-state index is 0. The van der Waals surface area contributed by atoms with E-state index >= 15 is 0 Å². The predicted octanol–water partition coefficient (Wildman–Crippen LogP) is 0.625. The number of para-hydroxylation sites is 1. The van der Waals surface area contributed by atoms with E-state index in [2.05, 4.69) is 0 Å². The quantitative estimate of drug-likeness (QED) is 0.436. The van der Waals surface area contributed by atoms with E-state index in [1.54, 1.807) is 0 Å². The van der Waals surface area contributed by atoms with Crippen LogP contribution in [0.3, 0.4) is 0 Å². The Morgan fingerprint density at radius 1 is 1.25 bits per heavy atom. The predicted molar refractivity (Wildman–Crippen MR) is 42.2 cm³/mol. The van der Waals surface area contributed by atoms with Crippen molar-refractivity contribution < 1.29 is 15.1 Å². The Hall–Kier alpha value is -0.858. The van der Waals surface area contributed by atoms with Gasteiger partial charge in [0.1, 0.15) is 0 Å². The second-order valence-corrected chi connectivity index (χ2v) is 1.90. The Bertz CT molecular complexity index is 281. The molecule has 0 aliphatic carbocycles. The second-order valence-electron chi connectivity index (χ2n) is 1.90. The standard InChI is InChI=1S/C6H5NO4.Pb/c8-4-2-1-3-5(9)6(4)7(10)11;/h1-3,8-9H;/q;+2. The zero-order valence-corrected chi connectivity index (χ0v) is 9.78. The van der Waals surface area contributed by atoms with Crippen molar-refractivity contribution in [1.82, 2.24) is 0 Å². The summed E-state index contributed by atoms with van der Waals surface area (Å²) in [6, 6.07) is 3.59. The number of phenolic OH excluding ortho intramolecular Hbond substituents is 2. The normalized spacial score (nSPS) is 8.67. The molecular formula is C6H5NO4Pb+2. The van der Waals surface area contributed by atoms with Gasteiger partial charge in [-0.25, -0.2) is 0 Å². The first kappa shape index (κ1) is 11.1. The molecule has 0 fully saturated rings. The third kappa shape index (κ3) is 2.06. The van der Waals surface area contributed by atoms with Crippen LogP contribution in [-0.4, -0.2) is 42.4 Å². The van der Waals surface area contributed by atoms with Gasteiger partial charge in [0.2, 0.25) is 0 Å². The van der Waals surface area contributed by atoms with Gasteiger partial charge < -0.3 is 10.2 Å². The van der Waals surface area contributed by atoms with Gasteiger partial charge >= 0.3 is 33.0 Å². The van der Waals surface area contributed by atoms with Crippen LogP contribution in [0, 0.1) is 10.1 Å². The number of benzene rings is 1. The number of phenols is 2. The molecule has 0 spiro atoms. The van der Waals surface area contributed by atoms with Crippen molar-refractivity contribution in [3.8, 4) is 11.5 Å². The summed E-state index contributed by atoms with van der Waals surface area (Å²) < 4.78 is 0. The Kier molecular flexibility index (Phi) is 3.94. The summed E-state index contributed by atoms with van der Waals surface area (Å²) in [7, 11) is 0. The van der Waals surface area contributed by atoms with Crippen LogP contribution in [0.1, 0.15) is 0 Å². The number of aromatic hydroxyl groups is 2. The topological polar surface area (TPSA) is 83.6 Å². The number of nitrogens with zero attached hydrogens (tertiary/aromatic N) is 1. The first-order valence-electron chi connectivity index (χ1n) is 2.78. The average molecular weight is 362 g/mol. The molecule has 60 valence electrons. The Labute approximate surface area is 88.0 Å². The molecule has 0 aliphatic rings. The van der Waals surface area contributed by atoms with E-state index in [1.807, 2.05) is 0 Å². The SMILES string of the molecule is O=[N+]([O-])c1c(O)cccc1O.[Pb+2]. The molecule has 1 rings (SSSR count). The van der Waals surface area contributed by atoms with E-state index in [9.17, 15) is 10.1 Å². The molecule has 0 amide bonds. The van der Waals surface area contributed by atoms with Gasteiger partial charge in [-0.1, -0.05) is 6.07 Å². The van der Waals surface area contributed by atoms with Crippen LogP contribution >= 0.6 is 0 Å². The Morgan fingerprint density at radius 3 is 1.92 bits per heavy atom. The smallest absolute Gasteiger partial charge is 0.502 e. The van der Waals surface area contributed by atoms with Gasteiger partial charge in [0.05, 0.1) is 4.92 Å². The summed E-state index contributed by atoms with van der Waals surface area (Å²) in [6.07, 6.45) is 0. The maximum Gasteiger partial charge on any atom is 2.00 e. The minimum Gasteiger partial charge on any atom is -0.502 e. The monoisotopic (exact) mass is 363 g/mol. The average Bonchev–Trinajstić information content (AvgIpc) is 1.85. The van der Waals surface area contributed by atoms with Gasteiger partial charge in [-0.05, 0) is 12.1 Å². The summed E-state index contributed by atoms with van der Waals surface area (Å²) in [5, 5.41) is 27.8. The minimum atomic E-state index is -0.843. The van der Waals surface area contributed by atoms with Crippen LogP contribution in [0.4, 0.5) is 5.69 Å². The van der Waals surface area contributed by atoms with Crippen molar-refractivity contribution in [2.24, 2.45) is 0 Å². The molecule has 0 bridgehead atoms. The van der Waals surface area contributed by atoms with Crippen LogP contribution in [0.25, 0.3) is 0 Å². The van der Waals surface area contributed by atoms with Crippen molar-refractivity contribution in [3.05, 3.63) is 28.3 Å². The maximum atomic E-state index is 10.1. The molecule has 5 nitrogen and oxygen atoms in total. The molecule has 0 saturated heterocycles. The van der Waals surface area contributed by atoms with Crippen LogP contribution in [0.2, 0.25) is 0 Å². The van der Waals surface area contributed by atoms with Crippen molar-refractivity contribution >= 4 is 33.0 Å². The maximum absolute atomic E-state index is 10.1. The number of nitro groups is 1. The molecule has 0 heterocycles. The molecule has 0 aromatic heterocycles. The number of hydrogen-bond acceptors (Lipinski definition) is 4. The molecular weight excluding hydrogens is 357 g/mol. The molecule has 2 radical (unpaired) electrons. The third-order valence-corrected chi connectivity index (χ3v) is 1.18. The molecule has 12 heavy (non-hydrogen) atoms. The van der Waals surface area contributed by atoms with Crippen molar-refractivity contribution in [1.29, 1.82) is 0 Å². The van der Waals surface area contributed by atoms with Crippen LogP contribution in [0.5, 0.6) is 11.5 Å². The molecule has 1 aromatic rings. The Balaban J connectivity index is 0.00000121. The molecule has 0 aliphatic heterocycles. The van der Waals surface area contributed by atoms with Crippen molar-refractivity contribution in [3.63, 3.8) is 0 Å². The molecule has 6 heteroatoms. The van der Waals surface area contributed by atoms with Gasteiger partial charge in [-0.15, -0.1) is 0 Å². The van der Waals surface area contributed by atoms with E-state index in [-0.39, 0.29) is 27.3 Å². The van der Waals surface area contributed by atoms with Crippen LogP contribution in [0.15, 0.2) is 18.2 Å². The second kappa shape index (κ2) is 4.24. The zero-order chi connectivity index (χ0) is 8.43. The Morgan fingerprint density at radius 2 is 1.67 bits per heavy atom. The van der Waals surface area contributed by atoms with E-state index in [1.165, 1.54) is 6.07 Å². The van der Waals surface area contributed by atoms with E-state index in [0.29, 0.717) is 0 Å². The summed E-state index contributed by atoms with van der Waals surface area (Å²) in [4.78, 5) is 9.29. The summed E-state index contributed by atoms with van der Waals surface area (Å²) in [6.45, 7) is 0. The largest absolute Gasteiger partial charge is 2.00 e. The van der Waals surface area contributed by atoms with Crippen LogP contribution < -0.4 is 0 Å². The number of nitro benzene ring substituents is 1. The summed E-state index contributed by atoms with van der Waals surface area (Å²) >= 11 is 0. The molecule has 0 atom stereocenters. The summed E-state index contributed by atoms with van der Waals surface area (Å²) in [5.74, 6) is -1.06. The van der Waals surface area contributed by atoms with Gasteiger partial charge in [0.25, 0.3) is 0 Å². The van der Waals surface area contributed by atoms with E-state index < -0.39 is 22.1 Å². The molecule has 0 unspecified atom stereocenters. The van der Waals surface area contributed by atoms with Crippen LogP contribution in [-0.2, 0) is 0 Å².